The first-order chi connectivity index (χ1) is 20.6. The van der Waals surface area contributed by atoms with E-state index in [1.165, 1.54) is 36.0 Å². The number of methoxy groups -OCH3 is 1. The fourth-order valence-electron chi connectivity index (χ4n) is 5.76. The van der Waals surface area contributed by atoms with Gasteiger partial charge in [-0.05, 0) is 73.2 Å². The maximum Gasteiger partial charge on any atom is 0.243 e. The fraction of sp³-hybridized carbons (Fsp3) is 0.387. The van der Waals surface area contributed by atoms with Crippen molar-refractivity contribution in [1.29, 1.82) is 0 Å². The first-order valence-corrected chi connectivity index (χ1v) is 17.3. The number of hydrogen-bond acceptors (Lipinski definition) is 7. The van der Waals surface area contributed by atoms with E-state index in [1.807, 2.05) is 23.1 Å². The number of amides is 1. The van der Waals surface area contributed by atoms with Crippen LogP contribution in [-0.4, -0.2) is 77.7 Å². The average Bonchev–Trinajstić information content (AvgIpc) is 3.01. The van der Waals surface area contributed by atoms with Gasteiger partial charge < -0.3 is 15.0 Å². The van der Waals surface area contributed by atoms with E-state index in [0.29, 0.717) is 49.2 Å². The first-order valence-electron chi connectivity index (χ1n) is 14.4. The van der Waals surface area contributed by atoms with E-state index >= 15 is 0 Å². The molecule has 10 nitrogen and oxygen atoms in total. The molecule has 1 amide bonds. The third kappa shape index (κ3) is 7.04. The summed E-state index contributed by atoms with van der Waals surface area (Å²) >= 11 is 0. The summed E-state index contributed by atoms with van der Waals surface area (Å²) in [4.78, 5) is 13.6. The van der Waals surface area contributed by atoms with Gasteiger partial charge >= 0.3 is 0 Å². The lowest BCUT2D eigenvalue weighted by Crippen LogP contribution is -2.48. The molecule has 230 valence electrons. The van der Waals surface area contributed by atoms with Gasteiger partial charge in [0.05, 0.1) is 22.6 Å². The molecule has 43 heavy (non-hydrogen) atoms. The lowest BCUT2D eigenvalue weighted by Gasteiger charge is -2.36. The van der Waals surface area contributed by atoms with E-state index in [0.717, 1.165) is 19.3 Å². The zero-order valence-corrected chi connectivity index (χ0v) is 26.1. The summed E-state index contributed by atoms with van der Waals surface area (Å²) in [6.45, 7) is 3.53. The topological polar surface area (TPSA) is 116 Å². The quantitative estimate of drug-likeness (QED) is 0.384. The number of carbonyl (C=O) groups is 1. The molecule has 2 fully saturated rings. The van der Waals surface area contributed by atoms with Crippen molar-refractivity contribution in [1.82, 2.24) is 8.61 Å². The molecular weight excluding hydrogens is 588 g/mol. The molecule has 1 N–H and O–H groups in total. The van der Waals surface area contributed by atoms with Gasteiger partial charge in [0.1, 0.15) is 5.75 Å². The van der Waals surface area contributed by atoms with Crippen molar-refractivity contribution in [2.24, 2.45) is 5.92 Å². The van der Waals surface area contributed by atoms with Crippen LogP contribution in [0.25, 0.3) is 0 Å². The molecule has 0 unspecified atom stereocenters. The van der Waals surface area contributed by atoms with E-state index in [4.69, 9.17) is 4.74 Å². The summed E-state index contributed by atoms with van der Waals surface area (Å²) in [5.41, 5.74) is 2.42. The molecule has 0 atom stereocenters. The third-order valence-corrected chi connectivity index (χ3v) is 11.9. The molecule has 3 aromatic carbocycles. The number of sulfonamides is 2. The molecule has 2 saturated heterocycles. The Balaban J connectivity index is 1.25. The predicted molar refractivity (Wildman–Crippen MR) is 166 cm³/mol. The molecule has 2 aliphatic heterocycles. The van der Waals surface area contributed by atoms with Crippen molar-refractivity contribution < 1.29 is 26.4 Å². The minimum Gasteiger partial charge on any atom is -0.495 e. The highest BCUT2D eigenvalue weighted by molar-refractivity contribution is 7.89. The fourth-order valence-corrected chi connectivity index (χ4v) is 8.67. The number of piperazine rings is 1. The molecule has 5 rings (SSSR count). The minimum absolute atomic E-state index is 0.147. The molecule has 2 aliphatic rings. The molecule has 0 aliphatic carbocycles. The van der Waals surface area contributed by atoms with Crippen molar-refractivity contribution in [3.05, 3.63) is 78.4 Å². The highest BCUT2D eigenvalue weighted by Crippen LogP contribution is 2.34. The van der Waals surface area contributed by atoms with Crippen LogP contribution in [0.4, 0.5) is 11.4 Å². The molecule has 0 spiro atoms. The van der Waals surface area contributed by atoms with Crippen LogP contribution in [0.15, 0.2) is 82.6 Å². The van der Waals surface area contributed by atoms with Crippen LogP contribution in [0.2, 0.25) is 0 Å². The van der Waals surface area contributed by atoms with E-state index in [-0.39, 0.29) is 28.8 Å². The smallest absolute Gasteiger partial charge is 0.243 e. The van der Waals surface area contributed by atoms with Crippen LogP contribution in [0.5, 0.6) is 5.75 Å². The number of benzene rings is 3. The molecule has 3 aromatic rings. The van der Waals surface area contributed by atoms with Gasteiger partial charge in [0.15, 0.2) is 0 Å². The second kappa shape index (κ2) is 13.0. The SMILES string of the molecule is COc1ccc(S(=O)(=O)N2CCC(Cc3ccccc3)CC2)cc1N1CCN(S(=O)(=O)c2ccc(NC(C)=O)cc2)CC1. The van der Waals surface area contributed by atoms with Crippen molar-refractivity contribution >= 4 is 37.3 Å². The average molecular weight is 627 g/mol. The van der Waals surface area contributed by atoms with Crippen LogP contribution in [0, 0.1) is 5.92 Å². The number of nitrogens with zero attached hydrogens (tertiary/aromatic N) is 3. The van der Waals surface area contributed by atoms with Crippen LogP contribution in [-0.2, 0) is 31.3 Å². The molecule has 0 saturated carbocycles. The number of ether oxygens (including phenoxy) is 1. The normalized spacial score (nSPS) is 17.5. The number of anilines is 2. The van der Waals surface area contributed by atoms with E-state index in [9.17, 15) is 21.6 Å². The van der Waals surface area contributed by atoms with Crippen LogP contribution >= 0.6 is 0 Å². The Bertz CT molecular complexity index is 1630. The Morgan fingerprint density at radius 2 is 1.37 bits per heavy atom. The lowest BCUT2D eigenvalue weighted by atomic mass is 9.91. The molecule has 2 heterocycles. The number of rotatable bonds is 9. The lowest BCUT2D eigenvalue weighted by molar-refractivity contribution is -0.114. The second-order valence-electron chi connectivity index (χ2n) is 11.0. The standard InChI is InChI=1S/C31H38N4O6S2/c1-24(36)32-27-8-10-28(11-9-27)42(37,38)35-20-18-33(19-21-35)30-23-29(12-13-31(30)41-2)43(39,40)34-16-14-26(15-17-34)22-25-6-4-3-5-7-25/h3-13,23,26H,14-22H2,1-2H3,(H,32,36). The predicted octanol–water partition coefficient (Wildman–Crippen LogP) is 3.81. The number of hydrogen-bond donors (Lipinski definition) is 1. The Kier molecular flexibility index (Phi) is 9.40. The Morgan fingerprint density at radius 1 is 0.791 bits per heavy atom. The summed E-state index contributed by atoms with van der Waals surface area (Å²) in [6.07, 6.45) is 2.57. The van der Waals surface area contributed by atoms with Gasteiger partial charge in [-0.3, -0.25) is 4.79 Å². The van der Waals surface area contributed by atoms with Gasteiger partial charge in [0.25, 0.3) is 0 Å². The summed E-state index contributed by atoms with van der Waals surface area (Å²) in [5, 5.41) is 2.63. The van der Waals surface area contributed by atoms with Crippen molar-refractivity contribution in [2.45, 2.75) is 36.0 Å². The summed E-state index contributed by atoms with van der Waals surface area (Å²) in [7, 11) is -5.91. The highest BCUT2D eigenvalue weighted by atomic mass is 32.2. The van der Waals surface area contributed by atoms with Crippen molar-refractivity contribution in [3.63, 3.8) is 0 Å². The van der Waals surface area contributed by atoms with Gasteiger partial charge in [0.2, 0.25) is 26.0 Å². The van der Waals surface area contributed by atoms with Gasteiger partial charge in [-0.15, -0.1) is 0 Å². The molecular formula is C31H38N4O6S2. The second-order valence-corrected chi connectivity index (χ2v) is 14.8. The maximum atomic E-state index is 13.7. The zero-order valence-electron chi connectivity index (χ0n) is 24.5. The largest absolute Gasteiger partial charge is 0.495 e. The van der Waals surface area contributed by atoms with Gasteiger partial charge in [0, 0.05) is 51.9 Å². The monoisotopic (exact) mass is 626 g/mol. The van der Waals surface area contributed by atoms with Gasteiger partial charge in [-0.25, -0.2) is 16.8 Å². The third-order valence-electron chi connectivity index (χ3n) is 8.12. The summed E-state index contributed by atoms with van der Waals surface area (Å²) in [6, 6.07) is 21.3. The summed E-state index contributed by atoms with van der Waals surface area (Å²) in [5.74, 6) is 0.746. The zero-order chi connectivity index (χ0) is 30.6. The van der Waals surface area contributed by atoms with Gasteiger partial charge in [-0.1, -0.05) is 30.3 Å². The molecule has 0 radical (unpaired) electrons. The van der Waals surface area contributed by atoms with Crippen LogP contribution in [0.3, 0.4) is 0 Å². The molecule has 0 aromatic heterocycles. The Morgan fingerprint density at radius 3 is 1.98 bits per heavy atom. The Hall–Kier alpha value is -3.45. The number of piperidine rings is 1. The maximum absolute atomic E-state index is 13.7. The Labute approximate surface area is 254 Å². The summed E-state index contributed by atoms with van der Waals surface area (Å²) < 4.78 is 62.5. The van der Waals surface area contributed by atoms with Crippen molar-refractivity contribution in [3.8, 4) is 5.75 Å². The van der Waals surface area contributed by atoms with Crippen LogP contribution < -0.4 is 15.0 Å². The minimum atomic E-state index is -3.74. The van der Waals surface area contributed by atoms with E-state index in [1.54, 1.807) is 34.6 Å². The molecule has 12 heteroatoms. The van der Waals surface area contributed by atoms with Crippen molar-refractivity contribution in [2.75, 3.05) is 56.6 Å². The van der Waals surface area contributed by atoms with E-state index < -0.39 is 20.0 Å². The van der Waals surface area contributed by atoms with Crippen LogP contribution in [0.1, 0.15) is 25.3 Å². The number of carbonyl (C=O) groups excluding carboxylic acids is 1. The number of nitrogens with one attached hydrogen (secondary N) is 1. The highest BCUT2D eigenvalue weighted by Gasteiger charge is 2.32. The van der Waals surface area contributed by atoms with Gasteiger partial charge in [-0.2, -0.15) is 8.61 Å². The first kappa shape index (κ1) is 31.0. The molecule has 0 bridgehead atoms. The van der Waals surface area contributed by atoms with E-state index in [2.05, 4.69) is 17.4 Å².